The molecule has 0 radical (unpaired) electrons. The number of benzene rings is 1. The highest BCUT2D eigenvalue weighted by Crippen LogP contribution is 2.22. The largest absolute Gasteiger partial charge is 0.478 e. The summed E-state index contributed by atoms with van der Waals surface area (Å²) in [5.41, 5.74) is 0.576. The van der Waals surface area contributed by atoms with Gasteiger partial charge in [0.25, 0.3) is 0 Å². The fourth-order valence-corrected chi connectivity index (χ4v) is 1.55. The Labute approximate surface area is 103 Å². The summed E-state index contributed by atoms with van der Waals surface area (Å²) in [6.07, 6.45) is -4.36. The minimum atomic E-state index is -4.29. The second kappa shape index (κ2) is 5.86. The van der Waals surface area contributed by atoms with E-state index in [1.54, 1.807) is 6.07 Å². The number of carboxylic acids is 1. The van der Waals surface area contributed by atoms with Crippen molar-refractivity contribution in [2.24, 2.45) is 0 Å². The van der Waals surface area contributed by atoms with Gasteiger partial charge < -0.3 is 10.4 Å². The van der Waals surface area contributed by atoms with E-state index in [1.807, 2.05) is 0 Å². The minimum absolute atomic E-state index is 0.0147. The van der Waals surface area contributed by atoms with Gasteiger partial charge in [0.05, 0.1) is 5.56 Å². The summed E-state index contributed by atoms with van der Waals surface area (Å²) in [5, 5.41) is 11.1. The van der Waals surface area contributed by atoms with Crippen LogP contribution in [0.4, 0.5) is 13.2 Å². The zero-order valence-electron chi connectivity index (χ0n) is 9.79. The van der Waals surface area contributed by atoms with Gasteiger partial charge in [0, 0.05) is 6.54 Å². The van der Waals surface area contributed by atoms with Crippen molar-refractivity contribution < 1.29 is 23.1 Å². The van der Waals surface area contributed by atoms with E-state index in [0.717, 1.165) is 0 Å². The van der Waals surface area contributed by atoms with Crippen molar-refractivity contribution in [2.75, 3.05) is 0 Å². The molecule has 0 bridgehead atoms. The predicted octanol–water partition coefficient (Wildman–Crippen LogP) is 2.82. The zero-order chi connectivity index (χ0) is 13.8. The molecule has 1 rings (SSSR count). The van der Waals surface area contributed by atoms with Gasteiger partial charge in [-0.2, -0.15) is 13.2 Å². The van der Waals surface area contributed by atoms with E-state index in [9.17, 15) is 18.0 Å². The van der Waals surface area contributed by atoms with Gasteiger partial charge in [0.15, 0.2) is 0 Å². The lowest BCUT2D eigenvalue weighted by atomic mass is 10.1. The van der Waals surface area contributed by atoms with Gasteiger partial charge in [0.1, 0.15) is 6.04 Å². The molecule has 0 unspecified atom stereocenters. The Kier molecular flexibility index (Phi) is 4.72. The molecule has 100 valence electrons. The first-order chi connectivity index (χ1) is 8.34. The number of carboxylic acid groups (broad SMARTS) is 1. The lowest BCUT2D eigenvalue weighted by molar-refractivity contribution is -0.156. The minimum Gasteiger partial charge on any atom is -0.478 e. The van der Waals surface area contributed by atoms with E-state index in [0.29, 0.717) is 5.56 Å². The molecule has 3 nitrogen and oxygen atoms in total. The van der Waals surface area contributed by atoms with Gasteiger partial charge in [0.2, 0.25) is 0 Å². The molecule has 0 saturated heterocycles. The van der Waals surface area contributed by atoms with Crippen LogP contribution < -0.4 is 5.32 Å². The van der Waals surface area contributed by atoms with Gasteiger partial charge >= 0.3 is 12.1 Å². The monoisotopic (exact) mass is 261 g/mol. The average molecular weight is 261 g/mol. The number of hydrogen-bond donors (Lipinski definition) is 2. The molecule has 2 N–H and O–H groups in total. The standard InChI is InChI=1S/C12H14F3NO2/c1-2-10(12(13,14)15)16-7-8-4-3-5-9(6-8)11(17)18/h3-6,10,16H,2,7H2,1H3,(H,17,18)/t10-/m0/s1. The number of rotatable bonds is 5. The molecule has 0 aliphatic carbocycles. The SMILES string of the molecule is CC[C@H](NCc1cccc(C(=O)O)c1)C(F)(F)F. The molecular weight excluding hydrogens is 247 g/mol. The lowest BCUT2D eigenvalue weighted by Gasteiger charge is -2.20. The van der Waals surface area contributed by atoms with E-state index >= 15 is 0 Å². The third-order valence-electron chi connectivity index (χ3n) is 2.53. The van der Waals surface area contributed by atoms with Gasteiger partial charge in [-0.25, -0.2) is 4.79 Å². The fourth-order valence-electron chi connectivity index (χ4n) is 1.55. The molecule has 6 heteroatoms. The molecule has 0 amide bonds. The van der Waals surface area contributed by atoms with Crippen molar-refractivity contribution in [1.82, 2.24) is 5.32 Å². The molecule has 0 aliphatic heterocycles. The summed E-state index contributed by atoms with van der Waals surface area (Å²) in [4.78, 5) is 10.7. The first-order valence-electron chi connectivity index (χ1n) is 5.47. The Balaban J connectivity index is 2.68. The van der Waals surface area contributed by atoms with E-state index < -0.39 is 18.2 Å². The van der Waals surface area contributed by atoms with E-state index in [-0.39, 0.29) is 18.5 Å². The van der Waals surface area contributed by atoms with Gasteiger partial charge in [-0.15, -0.1) is 0 Å². The van der Waals surface area contributed by atoms with E-state index in [1.165, 1.54) is 25.1 Å². The van der Waals surface area contributed by atoms with Crippen LogP contribution in [-0.4, -0.2) is 23.3 Å². The average Bonchev–Trinajstić information content (AvgIpc) is 2.28. The maximum absolute atomic E-state index is 12.5. The Bertz CT molecular complexity index is 418. The number of halogens is 3. The highest BCUT2D eigenvalue weighted by Gasteiger charge is 2.37. The van der Waals surface area contributed by atoms with Crippen LogP contribution in [0.25, 0.3) is 0 Å². The number of alkyl halides is 3. The fraction of sp³-hybridized carbons (Fsp3) is 0.417. The van der Waals surface area contributed by atoms with Gasteiger partial charge in [-0.3, -0.25) is 0 Å². The second-order valence-corrected chi connectivity index (χ2v) is 3.89. The van der Waals surface area contributed by atoms with E-state index in [4.69, 9.17) is 5.11 Å². The summed E-state index contributed by atoms with van der Waals surface area (Å²) in [6.45, 7) is 1.43. The summed E-state index contributed by atoms with van der Waals surface area (Å²) < 4.78 is 37.4. The Morgan fingerprint density at radius 1 is 1.44 bits per heavy atom. The molecule has 18 heavy (non-hydrogen) atoms. The van der Waals surface area contributed by atoms with Crippen LogP contribution in [-0.2, 0) is 6.54 Å². The van der Waals surface area contributed by atoms with Crippen LogP contribution in [0.2, 0.25) is 0 Å². The van der Waals surface area contributed by atoms with Crippen molar-refractivity contribution in [3.05, 3.63) is 35.4 Å². The highest BCUT2D eigenvalue weighted by molar-refractivity contribution is 5.87. The first kappa shape index (κ1) is 14.5. The summed E-state index contributed by atoms with van der Waals surface area (Å²) in [6, 6.07) is 4.27. The smallest absolute Gasteiger partial charge is 0.403 e. The molecule has 1 atom stereocenters. The molecule has 0 saturated carbocycles. The first-order valence-corrected chi connectivity index (χ1v) is 5.47. The number of hydrogen-bond acceptors (Lipinski definition) is 2. The molecule has 0 aromatic heterocycles. The zero-order valence-corrected chi connectivity index (χ0v) is 9.79. The van der Waals surface area contributed by atoms with Crippen LogP contribution in [0.1, 0.15) is 29.3 Å². The van der Waals surface area contributed by atoms with Crippen molar-refractivity contribution in [3.8, 4) is 0 Å². The van der Waals surface area contributed by atoms with Crippen LogP contribution >= 0.6 is 0 Å². The Hall–Kier alpha value is -1.56. The molecule has 0 spiro atoms. The van der Waals surface area contributed by atoms with Gasteiger partial charge in [-0.05, 0) is 24.1 Å². The molecule has 0 fully saturated rings. The second-order valence-electron chi connectivity index (χ2n) is 3.89. The Morgan fingerprint density at radius 2 is 2.11 bits per heavy atom. The summed E-state index contributed by atoms with van der Waals surface area (Å²) in [7, 11) is 0. The van der Waals surface area contributed by atoms with Gasteiger partial charge in [-0.1, -0.05) is 19.1 Å². The van der Waals surface area contributed by atoms with Crippen molar-refractivity contribution in [2.45, 2.75) is 32.1 Å². The quantitative estimate of drug-likeness (QED) is 0.856. The van der Waals surface area contributed by atoms with Crippen LogP contribution in [0.3, 0.4) is 0 Å². The number of nitrogens with one attached hydrogen (secondary N) is 1. The molecule has 0 aliphatic rings. The lowest BCUT2D eigenvalue weighted by Crippen LogP contribution is -2.41. The number of carbonyl (C=O) groups is 1. The normalized spacial score (nSPS) is 13.3. The molecule has 1 aromatic carbocycles. The van der Waals surface area contributed by atoms with Crippen LogP contribution in [0, 0.1) is 0 Å². The van der Waals surface area contributed by atoms with Crippen LogP contribution in [0.5, 0.6) is 0 Å². The predicted molar refractivity (Wildman–Crippen MR) is 60.4 cm³/mol. The maximum Gasteiger partial charge on any atom is 0.403 e. The molecule has 1 aromatic rings. The topological polar surface area (TPSA) is 49.3 Å². The highest BCUT2D eigenvalue weighted by atomic mass is 19.4. The molecular formula is C12H14F3NO2. The summed E-state index contributed by atoms with van der Waals surface area (Å²) >= 11 is 0. The number of aromatic carboxylic acids is 1. The summed E-state index contributed by atoms with van der Waals surface area (Å²) in [5.74, 6) is -1.10. The Morgan fingerprint density at radius 3 is 2.61 bits per heavy atom. The van der Waals surface area contributed by atoms with Crippen molar-refractivity contribution in [1.29, 1.82) is 0 Å². The van der Waals surface area contributed by atoms with Crippen molar-refractivity contribution >= 4 is 5.97 Å². The third kappa shape index (κ3) is 4.03. The van der Waals surface area contributed by atoms with Crippen LogP contribution in [0.15, 0.2) is 24.3 Å². The van der Waals surface area contributed by atoms with Crippen molar-refractivity contribution in [3.63, 3.8) is 0 Å². The maximum atomic E-state index is 12.5. The van der Waals surface area contributed by atoms with E-state index in [2.05, 4.69) is 5.32 Å². The molecule has 0 heterocycles. The third-order valence-corrected chi connectivity index (χ3v) is 2.53.